The smallest absolute Gasteiger partial charge is 0.340 e. The first-order valence-corrected chi connectivity index (χ1v) is 7.04. The second-order valence-corrected chi connectivity index (χ2v) is 5.40. The van der Waals surface area contributed by atoms with Gasteiger partial charge in [-0.1, -0.05) is 6.92 Å². The Morgan fingerprint density at radius 1 is 1.50 bits per heavy atom. The quantitative estimate of drug-likeness (QED) is 0.656. The maximum atomic E-state index is 13.9. The summed E-state index contributed by atoms with van der Waals surface area (Å²) in [6.07, 6.45) is 3.16. The Balaban J connectivity index is 2.20. The number of hydrogen-bond acceptors (Lipinski definition) is 4. The summed E-state index contributed by atoms with van der Waals surface area (Å²) in [6, 6.07) is 2.87. The molecule has 3 N–H and O–H groups in total. The van der Waals surface area contributed by atoms with E-state index < -0.39 is 11.8 Å². The Bertz CT molecular complexity index is 505. The van der Waals surface area contributed by atoms with Crippen molar-refractivity contribution >= 4 is 17.3 Å². The standard InChI is InChI=1S/C15H21FN2O2/c1-3-20-15(19)11-7-14(12(16)8-13(11)17)18-10-5-4-9(2)6-10/h7-10,18H,3-6,17H2,1-2H3. The monoisotopic (exact) mass is 280 g/mol. The largest absolute Gasteiger partial charge is 0.462 e. The van der Waals surface area contributed by atoms with E-state index in [2.05, 4.69) is 12.2 Å². The number of rotatable bonds is 4. The third kappa shape index (κ3) is 3.21. The molecule has 0 aliphatic heterocycles. The molecule has 2 atom stereocenters. The fourth-order valence-corrected chi connectivity index (χ4v) is 2.64. The van der Waals surface area contributed by atoms with E-state index in [1.807, 2.05) is 0 Å². The molecule has 1 saturated carbocycles. The molecule has 0 amide bonds. The Hall–Kier alpha value is -1.78. The second kappa shape index (κ2) is 6.11. The number of halogens is 1. The van der Waals surface area contributed by atoms with Crippen molar-refractivity contribution in [3.63, 3.8) is 0 Å². The molecule has 2 unspecified atom stereocenters. The van der Waals surface area contributed by atoms with E-state index in [0.29, 0.717) is 11.6 Å². The van der Waals surface area contributed by atoms with E-state index in [-0.39, 0.29) is 23.9 Å². The van der Waals surface area contributed by atoms with Crippen LogP contribution in [0.1, 0.15) is 43.5 Å². The lowest BCUT2D eigenvalue weighted by Crippen LogP contribution is -2.17. The predicted molar refractivity (Wildman–Crippen MR) is 77.2 cm³/mol. The van der Waals surface area contributed by atoms with Crippen LogP contribution in [-0.4, -0.2) is 18.6 Å². The van der Waals surface area contributed by atoms with Gasteiger partial charge in [0.15, 0.2) is 0 Å². The lowest BCUT2D eigenvalue weighted by Gasteiger charge is -2.16. The molecule has 0 spiro atoms. The fourth-order valence-electron chi connectivity index (χ4n) is 2.64. The van der Waals surface area contributed by atoms with Crippen molar-refractivity contribution < 1.29 is 13.9 Å². The van der Waals surface area contributed by atoms with Gasteiger partial charge in [0.2, 0.25) is 0 Å². The minimum Gasteiger partial charge on any atom is -0.462 e. The highest BCUT2D eigenvalue weighted by Gasteiger charge is 2.23. The average Bonchev–Trinajstić information content (AvgIpc) is 2.78. The Kier molecular flexibility index (Phi) is 4.47. The lowest BCUT2D eigenvalue weighted by molar-refractivity contribution is 0.0527. The van der Waals surface area contributed by atoms with Gasteiger partial charge in [-0.25, -0.2) is 9.18 Å². The lowest BCUT2D eigenvalue weighted by atomic mass is 10.1. The van der Waals surface area contributed by atoms with Gasteiger partial charge < -0.3 is 15.8 Å². The molecule has 1 aliphatic carbocycles. The van der Waals surface area contributed by atoms with Gasteiger partial charge in [-0.15, -0.1) is 0 Å². The summed E-state index contributed by atoms with van der Waals surface area (Å²) in [4.78, 5) is 11.8. The van der Waals surface area contributed by atoms with Crippen LogP contribution in [0.4, 0.5) is 15.8 Å². The van der Waals surface area contributed by atoms with Crippen molar-refractivity contribution in [3.05, 3.63) is 23.5 Å². The molecule has 5 heteroatoms. The number of nitrogens with two attached hydrogens (primary N) is 1. The molecule has 1 aliphatic rings. The van der Waals surface area contributed by atoms with Gasteiger partial charge in [-0.3, -0.25) is 0 Å². The summed E-state index contributed by atoms with van der Waals surface area (Å²) in [5, 5.41) is 3.17. The molecule has 4 nitrogen and oxygen atoms in total. The molecule has 0 bridgehead atoms. The third-order valence-electron chi connectivity index (χ3n) is 3.69. The van der Waals surface area contributed by atoms with Gasteiger partial charge in [0, 0.05) is 11.7 Å². The van der Waals surface area contributed by atoms with Crippen molar-refractivity contribution in [1.82, 2.24) is 0 Å². The van der Waals surface area contributed by atoms with Crippen LogP contribution >= 0.6 is 0 Å². The molecular weight excluding hydrogens is 259 g/mol. The van der Waals surface area contributed by atoms with Gasteiger partial charge in [0.1, 0.15) is 5.82 Å². The molecule has 0 aromatic heterocycles. The number of carbonyl (C=O) groups is 1. The molecule has 1 fully saturated rings. The van der Waals surface area contributed by atoms with Gasteiger partial charge in [0.05, 0.1) is 17.9 Å². The molecule has 110 valence electrons. The van der Waals surface area contributed by atoms with Crippen molar-refractivity contribution in [2.75, 3.05) is 17.7 Å². The highest BCUT2D eigenvalue weighted by molar-refractivity contribution is 5.96. The number of ether oxygens (including phenoxy) is 1. The van der Waals surface area contributed by atoms with Gasteiger partial charge in [0.25, 0.3) is 0 Å². The summed E-state index contributed by atoms with van der Waals surface area (Å²) in [5.74, 6) is -0.309. The van der Waals surface area contributed by atoms with Crippen LogP contribution in [0.15, 0.2) is 12.1 Å². The number of nitrogen functional groups attached to an aromatic ring is 1. The van der Waals surface area contributed by atoms with Gasteiger partial charge in [-0.05, 0) is 44.2 Å². The molecule has 20 heavy (non-hydrogen) atoms. The summed E-state index contributed by atoms with van der Waals surface area (Å²) in [6.45, 7) is 4.17. The molecular formula is C15H21FN2O2. The topological polar surface area (TPSA) is 64.3 Å². The maximum Gasteiger partial charge on any atom is 0.340 e. The SMILES string of the molecule is CCOC(=O)c1cc(NC2CCC(C)C2)c(F)cc1N. The molecule has 0 radical (unpaired) electrons. The summed E-state index contributed by atoms with van der Waals surface area (Å²) < 4.78 is 18.9. The molecule has 0 heterocycles. The summed E-state index contributed by atoms with van der Waals surface area (Å²) >= 11 is 0. The summed E-state index contributed by atoms with van der Waals surface area (Å²) in [7, 11) is 0. The zero-order chi connectivity index (χ0) is 14.7. The minimum absolute atomic E-state index is 0.103. The molecule has 1 aromatic carbocycles. The van der Waals surface area contributed by atoms with E-state index in [1.165, 1.54) is 12.1 Å². The zero-order valence-corrected chi connectivity index (χ0v) is 11.9. The van der Waals surface area contributed by atoms with E-state index >= 15 is 0 Å². The number of benzene rings is 1. The number of esters is 1. The first-order valence-electron chi connectivity index (χ1n) is 7.04. The van der Waals surface area contributed by atoms with Crippen LogP contribution < -0.4 is 11.1 Å². The first kappa shape index (κ1) is 14.6. The molecule has 1 aromatic rings. The van der Waals surface area contributed by atoms with E-state index in [4.69, 9.17) is 10.5 Å². The van der Waals surface area contributed by atoms with Crippen LogP contribution in [0.5, 0.6) is 0 Å². The normalized spacial score (nSPS) is 21.8. The number of anilines is 2. The summed E-state index contributed by atoms with van der Waals surface area (Å²) in [5.41, 5.74) is 6.32. The fraction of sp³-hybridized carbons (Fsp3) is 0.533. The number of nitrogens with one attached hydrogen (secondary N) is 1. The van der Waals surface area contributed by atoms with Crippen molar-refractivity contribution in [1.29, 1.82) is 0 Å². The second-order valence-electron chi connectivity index (χ2n) is 5.40. The predicted octanol–water partition coefficient (Wildman–Crippen LogP) is 3.19. The molecule has 2 rings (SSSR count). The third-order valence-corrected chi connectivity index (χ3v) is 3.69. The number of carbonyl (C=O) groups excluding carboxylic acids is 1. The van der Waals surface area contributed by atoms with Crippen molar-refractivity contribution in [2.45, 2.75) is 39.2 Å². The van der Waals surface area contributed by atoms with Crippen LogP contribution in [0, 0.1) is 11.7 Å². The Labute approximate surface area is 118 Å². The van der Waals surface area contributed by atoms with E-state index in [1.54, 1.807) is 6.92 Å². The van der Waals surface area contributed by atoms with Crippen LogP contribution in [-0.2, 0) is 4.74 Å². The number of hydrogen-bond donors (Lipinski definition) is 2. The minimum atomic E-state index is -0.521. The van der Waals surface area contributed by atoms with Crippen molar-refractivity contribution in [2.24, 2.45) is 5.92 Å². The van der Waals surface area contributed by atoms with E-state index in [0.717, 1.165) is 19.3 Å². The highest BCUT2D eigenvalue weighted by atomic mass is 19.1. The maximum absolute atomic E-state index is 13.9. The van der Waals surface area contributed by atoms with Crippen LogP contribution in [0.2, 0.25) is 0 Å². The average molecular weight is 280 g/mol. The highest BCUT2D eigenvalue weighted by Crippen LogP contribution is 2.30. The Morgan fingerprint density at radius 2 is 2.25 bits per heavy atom. The first-order chi connectivity index (χ1) is 9.51. The zero-order valence-electron chi connectivity index (χ0n) is 11.9. The van der Waals surface area contributed by atoms with E-state index in [9.17, 15) is 9.18 Å². The molecule has 0 saturated heterocycles. The Morgan fingerprint density at radius 3 is 2.85 bits per heavy atom. The van der Waals surface area contributed by atoms with Gasteiger partial charge >= 0.3 is 5.97 Å². The van der Waals surface area contributed by atoms with Crippen molar-refractivity contribution in [3.8, 4) is 0 Å². The van der Waals surface area contributed by atoms with Crippen LogP contribution in [0.25, 0.3) is 0 Å². The van der Waals surface area contributed by atoms with Crippen LogP contribution in [0.3, 0.4) is 0 Å². The van der Waals surface area contributed by atoms with Gasteiger partial charge in [-0.2, -0.15) is 0 Å².